The van der Waals surface area contributed by atoms with E-state index in [-0.39, 0.29) is 18.6 Å². The van der Waals surface area contributed by atoms with Crippen molar-refractivity contribution in [3.8, 4) is 17.1 Å². The lowest BCUT2D eigenvalue weighted by Crippen LogP contribution is -2.56. The molecule has 2 unspecified atom stereocenters. The minimum Gasteiger partial charge on any atom is -0.390 e. The maximum absolute atomic E-state index is 10.9. The molecule has 212 valence electrons. The van der Waals surface area contributed by atoms with Crippen LogP contribution in [-0.4, -0.2) is 68.0 Å². The minimum atomic E-state index is -0.623. The number of hydrogen-bond donors (Lipinski definition) is 2. The Morgan fingerprint density at radius 2 is 1.51 bits per heavy atom. The maximum Gasteiger partial charge on any atom is 0.170 e. The number of aromatic nitrogens is 4. The zero-order valence-electron chi connectivity index (χ0n) is 23.6. The first-order valence-corrected chi connectivity index (χ1v) is 13.9. The predicted molar refractivity (Wildman–Crippen MR) is 168 cm³/mol. The topological polar surface area (TPSA) is 82.3 Å². The van der Waals surface area contributed by atoms with Gasteiger partial charge in [-0.1, -0.05) is 60.7 Å². The molecule has 0 amide bonds. The van der Waals surface area contributed by atoms with Crippen LogP contribution in [0.3, 0.4) is 0 Å². The lowest BCUT2D eigenvalue weighted by molar-refractivity contribution is 0.0720. The van der Waals surface area contributed by atoms with Gasteiger partial charge in [0.15, 0.2) is 17.0 Å². The lowest BCUT2D eigenvalue weighted by atomic mass is 10.1. The van der Waals surface area contributed by atoms with Crippen molar-refractivity contribution in [2.75, 3.05) is 36.4 Å². The third-order valence-corrected chi connectivity index (χ3v) is 7.86. The molecule has 0 radical (unpaired) electrons. The molecule has 41 heavy (non-hydrogen) atoms. The highest BCUT2D eigenvalue weighted by atomic mass is 35.5. The molecule has 6 rings (SSSR count). The van der Waals surface area contributed by atoms with Crippen LogP contribution in [0, 0.1) is 13.8 Å². The van der Waals surface area contributed by atoms with Gasteiger partial charge in [0.1, 0.15) is 18.3 Å². The Kier molecular flexibility index (Phi) is 8.54. The van der Waals surface area contributed by atoms with Gasteiger partial charge in [-0.3, -0.25) is 9.47 Å². The molecular weight excluding hydrogens is 534 g/mol. The van der Waals surface area contributed by atoms with E-state index in [2.05, 4.69) is 86.0 Å². The number of nitrogens with one attached hydrogen (secondary N) is 1. The number of aliphatic hydroxyl groups is 1. The summed E-state index contributed by atoms with van der Waals surface area (Å²) in [6.07, 6.45) is 0.626. The average molecular weight is 570 g/mol. The number of hydrogen-bond acceptors (Lipinski definition) is 7. The summed E-state index contributed by atoms with van der Waals surface area (Å²) in [4.78, 5) is 19.0. The fraction of sp³-hybridized carbons (Fsp3) is 0.281. The zero-order chi connectivity index (χ0) is 27.6. The van der Waals surface area contributed by atoms with E-state index in [1.54, 1.807) is 6.33 Å². The number of benzene rings is 3. The third kappa shape index (κ3) is 5.63. The Morgan fingerprint density at radius 1 is 0.829 bits per heavy atom. The first-order chi connectivity index (χ1) is 19.5. The highest BCUT2D eigenvalue weighted by molar-refractivity contribution is 5.88. The smallest absolute Gasteiger partial charge is 0.170 e. The number of aryl methyl sites for hydroxylation is 1. The van der Waals surface area contributed by atoms with Crippen LogP contribution >= 0.6 is 12.4 Å². The first kappa shape index (κ1) is 28.5. The Morgan fingerprint density at radius 3 is 2.20 bits per heavy atom. The number of aliphatic hydroxyl groups excluding tert-OH is 1. The largest absolute Gasteiger partial charge is 0.390 e. The molecule has 1 aliphatic heterocycles. The van der Waals surface area contributed by atoms with Gasteiger partial charge in [-0.05, 0) is 50.1 Å². The second-order valence-corrected chi connectivity index (χ2v) is 10.4. The molecule has 8 nitrogen and oxygen atoms in total. The highest BCUT2D eigenvalue weighted by Gasteiger charge is 2.29. The van der Waals surface area contributed by atoms with Crippen LogP contribution in [0.25, 0.3) is 28.2 Å². The highest BCUT2D eigenvalue weighted by Crippen LogP contribution is 2.31. The molecule has 0 bridgehead atoms. The number of anilines is 2. The predicted octanol–water partition coefficient (Wildman–Crippen LogP) is 5.46. The van der Waals surface area contributed by atoms with Crippen molar-refractivity contribution in [1.29, 1.82) is 0 Å². The van der Waals surface area contributed by atoms with Crippen molar-refractivity contribution in [1.82, 2.24) is 24.4 Å². The van der Waals surface area contributed by atoms with Crippen molar-refractivity contribution in [3.63, 3.8) is 0 Å². The van der Waals surface area contributed by atoms with Crippen molar-refractivity contribution in [2.24, 2.45) is 0 Å². The van der Waals surface area contributed by atoms with E-state index in [0.29, 0.717) is 17.0 Å². The average Bonchev–Trinajstić information content (AvgIpc) is 3.39. The van der Waals surface area contributed by atoms with Gasteiger partial charge in [-0.15, -0.1) is 12.4 Å². The van der Waals surface area contributed by atoms with E-state index >= 15 is 0 Å². The number of fused-ring (bicyclic) bond motifs is 1. The molecule has 0 saturated carbocycles. The van der Waals surface area contributed by atoms with E-state index in [1.165, 1.54) is 16.8 Å². The molecule has 3 aromatic carbocycles. The first-order valence-electron chi connectivity index (χ1n) is 13.9. The Balaban J connectivity index is 0.00000337. The number of para-hydroxylation sites is 1. The molecule has 0 spiro atoms. The molecule has 2 aromatic heterocycles. The quantitative estimate of drug-likeness (QED) is 0.269. The van der Waals surface area contributed by atoms with Crippen molar-refractivity contribution < 1.29 is 5.11 Å². The van der Waals surface area contributed by atoms with Crippen molar-refractivity contribution >= 4 is 35.1 Å². The fourth-order valence-corrected chi connectivity index (χ4v) is 5.58. The number of piperazine rings is 1. The number of imidazole rings is 1. The van der Waals surface area contributed by atoms with Crippen LogP contribution in [0.4, 0.5) is 11.5 Å². The van der Waals surface area contributed by atoms with E-state index in [0.717, 1.165) is 43.3 Å². The van der Waals surface area contributed by atoms with Gasteiger partial charge < -0.3 is 15.3 Å². The fourth-order valence-electron chi connectivity index (χ4n) is 5.58. The monoisotopic (exact) mass is 569 g/mol. The Hall–Kier alpha value is -3.98. The van der Waals surface area contributed by atoms with Crippen molar-refractivity contribution in [3.05, 3.63) is 96.3 Å². The van der Waals surface area contributed by atoms with Crippen LogP contribution < -0.4 is 10.2 Å². The van der Waals surface area contributed by atoms with Gasteiger partial charge in [0.2, 0.25) is 0 Å². The van der Waals surface area contributed by atoms with Crippen LogP contribution in [0.1, 0.15) is 18.1 Å². The molecule has 1 aliphatic rings. The Bertz CT molecular complexity index is 1600. The molecular formula is C32H36ClN7O. The number of rotatable bonds is 7. The molecule has 3 heterocycles. The molecule has 1 saturated heterocycles. The van der Waals surface area contributed by atoms with Crippen LogP contribution in [-0.2, 0) is 0 Å². The molecule has 1 fully saturated rings. The second-order valence-electron chi connectivity index (χ2n) is 10.4. The molecule has 0 aliphatic carbocycles. The summed E-state index contributed by atoms with van der Waals surface area (Å²) < 4.78 is 2.07. The Labute approximate surface area is 247 Å². The summed E-state index contributed by atoms with van der Waals surface area (Å²) in [5, 5.41) is 14.4. The third-order valence-electron chi connectivity index (χ3n) is 7.86. The van der Waals surface area contributed by atoms with E-state index in [1.807, 2.05) is 43.3 Å². The molecule has 9 heteroatoms. The van der Waals surface area contributed by atoms with Crippen molar-refractivity contribution in [2.45, 2.75) is 33.0 Å². The van der Waals surface area contributed by atoms with Crippen LogP contribution in [0.5, 0.6) is 0 Å². The minimum absolute atomic E-state index is 0. The zero-order valence-corrected chi connectivity index (χ0v) is 24.4. The second kappa shape index (κ2) is 12.3. The van der Waals surface area contributed by atoms with Gasteiger partial charge in [0, 0.05) is 43.1 Å². The summed E-state index contributed by atoms with van der Waals surface area (Å²) >= 11 is 0. The van der Waals surface area contributed by atoms with Gasteiger partial charge in [0.25, 0.3) is 0 Å². The summed E-state index contributed by atoms with van der Waals surface area (Å²) in [6.45, 7) is 9.58. The van der Waals surface area contributed by atoms with Gasteiger partial charge in [-0.25, -0.2) is 15.0 Å². The number of halogens is 1. The summed E-state index contributed by atoms with van der Waals surface area (Å²) in [7, 11) is 0. The summed E-state index contributed by atoms with van der Waals surface area (Å²) in [6, 6.07) is 26.7. The van der Waals surface area contributed by atoms with Gasteiger partial charge >= 0.3 is 0 Å². The summed E-state index contributed by atoms with van der Waals surface area (Å²) in [5.74, 6) is 1.40. The molecule has 5 aromatic rings. The number of nitrogens with zero attached hydrogens (tertiary/aromatic N) is 6. The van der Waals surface area contributed by atoms with Gasteiger partial charge in [0.05, 0.1) is 6.10 Å². The lowest BCUT2D eigenvalue weighted by Gasteiger charge is -2.42. The SMILES string of the molecule is Cc1cccc(N2CCN(C(Nc3ncnc4c3nc(-c3ccccc3)n4-c3ccccc3)C(C)O)CC2)c1C.Cl. The van der Waals surface area contributed by atoms with Crippen LogP contribution in [0.2, 0.25) is 0 Å². The normalized spacial score (nSPS) is 15.4. The summed E-state index contributed by atoms with van der Waals surface area (Å²) in [5.41, 5.74) is 7.28. The van der Waals surface area contributed by atoms with E-state index < -0.39 is 6.10 Å². The van der Waals surface area contributed by atoms with E-state index in [9.17, 15) is 5.11 Å². The van der Waals surface area contributed by atoms with Gasteiger partial charge in [-0.2, -0.15) is 0 Å². The standard InChI is InChI=1S/C32H35N7O.ClH/c1-22-11-10-16-27(23(22)2)37-17-19-38(20-18-37)30(24(3)40)36-29-28-32(34-21-33-29)39(26-14-8-5-9-15-26)31(35-28)25-12-6-4-7-13-25;/h4-16,21,24,30,40H,17-20H2,1-3H3,(H,33,34,36);1H. The maximum atomic E-state index is 10.9. The molecule has 2 N–H and O–H groups in total. The van der Waals surface area contributed by atoms with Crippen LogP contribution in [0.15, 0.2) is 85.2 Å². The molecule has 2 atom stereocenters. The van der Waals surface area contributed by atoms with E-state index in [4.69, 9.17) is 4.98 Å².